The van der Waals surface area contributed by atoms with Gasteiger partial charge in [0, 0.05) is 24.3 Å². The van der Waals surface area contributed by atoms with Crippen molar-refractivity contribution in [1.82, 2.24) is 14.8 Å². The van der Waals surface area contributed by atoms with Crippen LogP contribution < -0.4 is 10.7 Å². The first-order valence-corrected chi connectivity index (χ1v) is 10.7. The van der Waals surface area contributed by atoms with Gasteiger partial charge in [0.05, 0.1) is 12.1 Å². The van der Waals surface area contributed by atoms with Gasteiger partial charge in [-0.25, -0.2) is 8.78 Å². The van der Waals surface area contributed by atoms with E-state index in [1.807, 2.05) is 0 Å². The predicted molar refractivity (Wildman–Crippen MR) is 110 cm³/mol. The summed E-state index contributed by atoms with van der Waals surface area (Å²) in [6, 6.07) is 1.36. The summed E-state index contributed by atoms with van der Waals surface area (Å²) < 4.78 is 30.0. The SMILES string of the molecule is Cc1cc(F)c([C@@H](C)NC(=O)c2cn3c(c(O)c2=O)C(=O)N2[C@H]4CC[C@H](C4)[C@@H]2C3)c(F)c1. The number of benzene rings is 1. The largest absolute Gasteiger partial charge is 0.503 e. The fourth-order valence-corrected chi connectivity index (χ4v) is 5.62. The van der Waals surface area contributed by atoms with Gasteiger partial charge in [0.15, 0.2) is 11.4 Å². The van der Waals surface area contributed by atoms with Crippen LogP contribution in [0.2, 0.25) is 0 Å². The van der Waals surface area contributed by atoms with E-state index in [0.29, 0.717) is 18.0 Å². The number of nitrogens with one attached hydrogen (secondary N) is 1. The second-order valence-electron chi connectivity index (χ2n) is 9.07. The van der Waals surface area contributed by atoms with Crippen molar-refractivity contribution < 1.29 is 23.5 Å². The summed E-state index contributed by atoms with van der Waals surface area (Å²) in [6.07, 6.45) is 4.12. The molecule has 0 spiro atoms. The Morgan fingerprint density at radius 3 is 2.59 bits per heavy atom. The molecule has 2 N–H and O–H groups in total. The number of hydrogen-bond donors (Lipinski definition) is 2. The fourth-order valence-electron chi connectivity index (χ4n) is 5.62. The molecule has 2 aliphatic heterocycles. The molecule has 2 fully saturated rings. The van der Waals surface area contributed by atoms with Crippen molar-refractivity contribution in [3.8, 4) is 5.75 Å². The minimum absolute atomic E-state index is 0.0266. The van der Waals surface area contributed by atoms with Crippen LogP contribution in [0, 0.1) is 24.5 Å². The van der Waals surface area contributed by atoms with Crippen LogP contribution in [-0.4, -0.2) is 38.5 Å². The highest BCUT2D eigenvalue weighted by atomic mass is 19.1. The van der Waals surface area contributed by atoms with E-state index in [1.165, 1.54) is 17.7 Å². The molecule has 5 rings (SSSR count). The van der Waals surface area contributed by atoms with Gasteiger partial charge in [0.2, 0.25) is 5.43 Å². The van der Waals surface area contributed by atoms with Crippen LogP contribution in [0.3, 0.4) is 0 Å². The molecule has 0 radical (unpaired) electrons. The Morgan fingerprint density at radius 2 is 1.91 bits per heavy atom. The minimum atomic E-state index is -1.06. The van der Waals surface area contributed by atoms with Gasteiger partial charge in [-0.2, -0.15) is 0 Å². The average Bonchev–Trinajstić information content (AvgIpc) is 3.31. The van der Waals surface area contributed by atoms with Crippen molar-refractivity contribution >= 4 is 11.8 Å². The predicted octanol–water partition coefficient (Wildman–Crippen LogP) is 2.64. The van der Waals surface area contributed by atoms with E-state index < -0.39 is 40.7 Å². The summed E-state index contributed by atoms with van der Waals surface area (Å²) in [5, 5.41) is 13.0. The summed E-state index contributed by atoms with van der Waals surface area (Å²) in [6.45, 7) is 3.34. The third-order valence-corrected chi connectivity index (χ3v) is 7.07. The monoisotopic (exact) mass is 443 g/mol. The van der Waals surface area contributed by atoms with Crippen LogP contribution in [-0.2, 0) is 6.54 Å². The maximum atomic E-state index is 14.3. The van der Waals surface area contributed by atoms with Crippen LogP contribution >= 0.6 is 0 Å². The first-order chi connectivity index (χ1) is 15.2. The molecule has 3 aliphatic rings. The van der Waals surface area contributed by atoms with Gasteiger partial charge in [-0.15, -0.1) is 0 Å². The fraction of sp³-hybridized carbons (Fsp3) is 0.435. The molecular formula is C23H23F2N3O4. The number of carbonyl (C=O) groups excluding carboxylic acids is 2. The molecule has 4 atom stereocenters. The lowest BCUT2D eigenvalue weighted by Gasteiger charge is -2.40. The number of fused-ring (bicyclic) bond motifs is 6. The summed E-state index contributed by atoms with van der Waals surface area (Å²) in [7, 11) is 0. The second kappa shape index (κ2) is 7.15. The van der Waals surface area contributed by atoms with Crippen molar-refractivity contribution in [2.45, 2.75) is 57.8 Å². The number of aromatic hydroxyl groups is 1. The van der Waals surface area contributed by atoms with Crippen LogP contribution in [0.15, 0.2) is 23.1 Å². The Balaban J connectivity index is 1.47. The van der Waals surface area contributed by atoms with E-state index in [0.717, 1.165) is 31.4 Å². The van der Waals surface area contributed by atoms with Gasteiger partial charge in [-0.3, -0.25) is 14.4 Å². The standard InChI is InChI=1S/C23H23F2N3O4/c1-10-5-15(24)18(16(25)6-10)11(2)26-22(31)14-8-27-9-17-12-3-4-13(7-12)28(17)23(32)19(27)21(30)20(14)29/h5-6,8,11-13,17,30H,3-4,7,9H2,1-2H3,(H,26,31)/t11-,12-,13+,17+/m1/s1. The van der Waals surface area contributed by atoms with Crippen molar-refractivity contribution in [2.24, 2.45) is 5.92 Å². The van der Waals surface area contributed by atoms with Crippen LogP contribution in [0.1, 0.15) is 64.2 Å². The number of amides is 2. The molecule has 1 saturated carbocycles. The maximum absolute atomic E-state index is 14.3. The van der Waals surface area contributed by atoms with Crippen molar-refractivity contribution in [2.75, 3.05) is 0 Å². The molecule has 1 saturated heterocycles. The number of hydrogen-bond acceptors (Lipinski definition) is 4. The van der Waals surface area contributed by atoms with Crippen LogP contribution in [0.25, 0.3) is 0 Å². The number of nitrogens with zero attached hydrogens (tertiary/aromatic N) is 2. The molecule has 168 valence electrons. The number of carbonyl (C=O) groups is 2. The van der Waals surface area contributed by atoms with E-state index in [1.54, 1.807) is 11.8 Å². The molecule has 9 heteroatoms. The lowest BCUT2D eigenvalue weighted by Crippen LogP contribution is -2.52. The van der Waals surface area contributed by atoms with Crippen LogP contribution in [0.4, 0.5) is 8.78 Å². The number of pyridine rings is 1. The van der Waals surface area contributed by atoms with Gasteiger partial charge in [-0.1, -0.05) is 0 Å². The quantitative estimate of drug-likeness (QED) is 0.763. The highest BCUT2D eigenvalue weighted by Gasteiger charge is 2.51. The number of halogens is 2. The van der Waals surface area contributed by atoms with Gasteiger partial charge in [0.25, 0.3) is 11.8 Å². The molecule has 1 aromatic heterocycles. The molecule has 1 aromatic carbocycles. The third-order valence-electron chi connectivity index (χ3n) is 7.07. The van der Waals surface area contributed by atoms with E-state index >= 15 is 0 Å². The topological polar surface area (TPSA) is 91.6 Å². The molecule has 32 heavy (non-hydrogen) atoms. The van der Waals surface area contributed by atoms with E-state index in [9.17, 15) is 28.3 Å². The zero-order valence-electron chi connectivity index (χ0n) is 17.7. The van der Waals surface area contributed by atoms with Gasteiger partial charge < -0.3 is 19.9 Å². The average molecular weight is 443 g/mol. The molecular weight excluding hydrogens is 420 g/mol. The van der Waals surface area contributed by atoms with E-state index in [2.05, 4.69) is 5.32 Å². The Hall–Kier alpha value is -3.23. The molecule has 2 amide bonds. The Morgan fingerprint density at radius 1 is 1.22 bits per heavy atom. The van der Waals surface area contributed by atoms with E-state index in [-0.39, 0.29) is 28.9 Å². The first kappa shape index (κ1) is 20.7. The molecule has 1 aliphatic carbocycles. The normalized spacial score (nSPS) is 24.3. The number of aryl methyl sites for hydroxylation is 1. The van der Waals surface area contributed by atoms with Gasteiger partial charge in [-0.05, 0) is 56.7 Å². The number of piperidine rings is 1. The Bertz CT molecular complexity index is 1200. The summed E-state index contributed by atoms with van der Waals surface area (Å²) in [5.41, 5.74) is -1.39. The minimum Gasteiger partial charge on any atom is -0.503 e. The Kier molecular flexibility index (Phi) is 4.61. The lowest BCUT2D eigenvalue weighted by atomic mass is 9.95. The zero-order valence-corrected chi connectivity index (χ0v) is 17.7. The number of aromatic nitrogens is 1. The summed E-state index contributed by atoms with van der Waals surface area (Å²) in [4.78, 5) is 40.4. The molecule has 3 heterocycles. The lowest BCUT2D eigenvalue weighted by molar-refractivity contribution is 0.0482. The molecule has 2 bridgehead atoms. The van der Waals surface area contributed by atoms with E-state index in [4.69, 9.17) is 0 Å². The highest BCUT2D eigenvalue weighted by molar-refractivity contribution is 5.99. The van der Waals surface area contributed by atoms with Crippen molar-refractivity contribution in [3.05, 3.63) is 62.6 Å². The number of rotatable bonds is 3. The van der Waals surface area contributed by atoms with Crippen molar-refractivity contribution in [3.63, 3.8) is 0 Å². The van der Waals surface area contributed by atoms with Crippen molar-refractivity contribution in [1.29, 1.82) is 0 Å². The third kappa shape index (κ3) is 2.94. The van der Waals surface area contributed by atoms with Gasteiger partial charge in [0.1, 0.15) is 17.2 Å². The summed E-state index contributed by atoms with van der Waals surface area (Å²) >= 11 is 0. The first-order valence-electron chi connectivity index (χ1n) is 10.7. The molecule has 2 aromatic rings. The maximum Gasteiger partial charge on any atom is 0.275 e. The zero-order chi connectivity index (χ0) is 22.9. The molecule has 7 nitrogen and oxygen atoms in total. The summed E-state index contributed by atoms with van der Waals surface area (Å²) in [5.74, 6) is -3.29. The van der Waals surface area contributed by atoms with Gasteiger partial charge >= 0.3 is 0 Å². The highest BCUT2D eigenvalue weighted by Crippen LogP contribution is 2.45. The van der Waals surface area contributed by atoms with Crippen LogP contribution in [0.5, 0.6) is 5.75 Å². The smallest absolute Gasteiger partial charge is 0.275 e. The molecule has 0 unspecified atom stereocenters. The second-order valence-corrected chi connectivity index (χ2v) is 9.07. The Labute approximate surface area is 182 Å².